The van der Waals surface area contributed by atoms with Gasteiger partial charge in [0.05, 0.1) is 26.9 Å². The fourth-order valence-corrected chi connectivity index (χ4v) is 5.75. The van der Waals surface area contributed by atoms with Crippen LogP contribution in [0.5, 0.6) is 11.5 Å². The summed E-state index contributed by atoms with van der Waals surface area (Å²) in [5.74, 6) is -0.343. The van der Waals surface area contributed by atoms with E-state index in [1.165, 1.54) is 25.2 Å². The van der Waals surface area contributed by atoms with Gasteiger partial charge in [0.1, 0.15) is 30.8 Å². The van der Waals surface area contributed by atoms with Crippen LogP contribution in [-0.2, 0) is 39.9 Å². The molecule has 0 aromatic heterocycles. The zero-order valence-corrected chi connectivity index (χ0v) is 26.3. The van der Waals surface area contributed by atoms with Crippen molar-refractivity contribution in [3.63, 3.8) is 0 Å². The van der Waals surface area contributed by atoms with Crippen LogP contribution in [0.3, 0.4) is 0 Å². The van der Waals surface area contributed by atoms with Crippen LogP contribution in [0.1, 0.15) is 42.4 Å². The third kappa shape index (κ3) is 8.79. The average molecular weight is 650 g/mol. The molecule has 0 unspecified atom stereocenters. The predicted octanol–water partition coefficient (Wildman–Crippen LogP) is 4.10. The van der Waals surface area contributed by atoms with Crippen LogP contribution < -0.4 is 14.8 Å². The Kier molecular flexibility index (Phi) is 11.7. The second-order valence-corrected chi connectivity index (χ2v) is 11.0. The van der Waals surface area contributed by atoms with Gasteiger partial charge in [-0.3, -0.25) is 4.79 Å². The number of amides is 1. The number of aliphatic hydroxyl groups excluding tert-OH is 1. The zero-order valence-electron chi connectivity index (χ0n) is 26.3. The van der Waals surface area contributed by atoms with E-state index in [0.717, 1.165) is 11.1 Å². The van der Waals surface area contributed by atoms with Gasteiger partial charge in [-0.1, -0.05) is 48.5 Å². The molecule has 12 nitrogen and oxygen atoms in total. The van der Waals surface area contributed by atoms with Gasteiger partial charge in [-0.15, -0.1) is 0 Å². The van der Waals surface area contributed by atoms with E-state index in [1.807, 2.05) is 24.3 Å². The number of aliphatic hydroxyl groups is 1. The van der Waals surface area contributed by atoms with E-state index in [9.17, 15) is 19.5 Å². The number of nitrogens with one attached hydrogen (secondary N) is 1. The van der Waals surface area contributed by atoms with Crippen LogP contribution >= 0.6 is 0 Å². The standard InChI is InChI=1S/C35H39NO11/c1-22(38)45-25-18-32(34(39)41-2)47-33(19-25)46-24-12-11-23(20-37)31(17-24)43-16-15-42-14-13-36-35(40)44-21-30-28-9-5-3-7-26(28)27-8-4-6-10-29(27)30/h3-12,17,25,30,32-33,37H,13-16,18-21H2,1-2H3,(H,36,40)/t25-,32-,33+/m0/s1. The number of hydrogen-bond donors (Lipinski definition) is 2. The summed E-state index contributed by atoms with van der Waals surface area (Å²) in [5.41, 5.74) is 5.16. The predicted molar refractivity (Wildman–Crippen MR) is 168 cm³/mol. The highest BCUT2D eigenvalue weighted by molar-refractivity contribution is 5.79. The number of benzene rings is 3. The van der Waals surface area contributed by atoms with E-state index >= 15 is 0 Å². The monoisotopic (exact) mass is 649 g/mol. The van der Waals surface area contributed by atoms with Crippen molar-refractivity contribution in [2.24, 2.45) is 0 Å². The molecule has 5 rings (SSSR count). The summed E-state index contributed by atoms with van der Waals surface area (Å²) in [6.07, 6.45) is -2.58. The molecule has 0 saturated carbocycles. The fourth-order valence-electron chi connectivity index (χ4n) is 5.75. The van der Waals surface area contributed by atoms with Gasteiger partial charge < -0.3 is 43.6 Å². The summed E-state index contributed by atoms with van der Waals surface area (Å²) in [5, 5.41) is 12.5. The fraction of sp³-hybridized carbons (Fsp3) is 0.400. The molecule has 1 fully saturated rings. The van der Waals surface area contributed by atoms with Crippen molar-refractivity contribution in [2.45, 2.75) is 50.8 Å². The molecule has 0 radical (unpaired) electrons. The molecule has 1 saturated heterocycles. The first kappa shape index (κ1) is 33.7. The molecule has 3 aromatic carbocycles. The van der Waals surface area contributed by atoms with E-state index in [-0.39, 0.29) is 58.3 Å². The first-order valence-electron chi connectivity index (χ1n) is 15.5. The molecule has 2 aliphatic rings. The first-order valence-corrected chi connectivity index (χ1v) is 15.5. The van der Waals surface area contributed by atoms with Gasteiger partial charge in [-0.2, -0.15) is 0 Å². The second kappa shape index (κ2) is 16.3. The summed E-state index contributed by atoms with van der Waals surface area (Å²) in [4.78, 5) is 36.0. The molecule has 0 bridgehead atoms. The van der Waals surface area contributed by atoms with Crippen LogP contribution in [0.15, 0.2) is 66.7 Å². The largest absolute Gasteiger partial charge is 0.491 e. The number of alkyl carbamates (subject to hydrolysis) is 1. The lowest BCUT2D eigenvalue weighted by Gasteiger charge is -2.33. The lowest BCUT2D eigenvalue weighted by atomic mass is 9.98. The smallest absolute Gasteiger partial charge is 0.407 e. The third-order valence-corrected chi connectivity index (χ3v) is 7.87. The molecule has 0 spiro atoms. The second-order valence-electron chi connectivity index (χ2n) is 11.0. The molecule has 1 aliphatic heterocycles. The van der Waals surface area contributed by atoms with E-state index in [2.05, 4.69) is 29.6 Å². The van der Waals surface area contributed by atoms with Crippen molar-refractivity contribution >= 4 is 18.0 Å². The summed E-state index contributed by atoms with van der Waals surface area (Å²) in [7, 11) is 1.25. The van der Waals surface area contributed by atoms with Gasteiger partial charge in [0.25, 0.3) is 0 Å². The maximum atomic E-state index is 12.4. The minimum atomic E-state index is -0.952. The van der Waals surface area contributed by atoms with Crippen molar-refractivity contribution in [1.29, 1.82) is 0 Å². The normalized spacial score (nSPS) is 18.4. The van der Waals surface area contributed by atoms with Gasteiger partial charge in [-0.05, 0) is 34.4 Å². The summed E-state index contributed by atoms with van der Waals surface area (Å²) in [6, 6.07) is 21.2. The Morgan fingerprint density at radius 1 is 0.936 bits per heavy atom. The van der Waals surface area contributed by atoms with E-state index < -0.39 is 36.5 Å². The highest BCUT2D eigenvalue weighted by atomic mass is 16.7. The number of carbonyl (C=O) groups excluding carboxylic acids is 3. The van der Waals surface area contributed by atoms with E-state index in [4.69, 9.17) is 33.2 Å². The number of carbonyl (C=O) groups is 3. The minimum Gasteiger partial charge on any atom is -0.491 e. The molecule has 47 heavy (non-hydrogen) atoms. The summed E-state index contributed by atoms with van der Waals surface area (Å²) >= 11 is 0. The van der Waals surface area contributed by atoms with Gasteiger partial charge >= 0.3 is 18.0 Å². The SMILES string of the molecule is COC(=O)[C@@H]1C[C@H](OC(C)=O)C[C@H](Oc2ccc(CO)c(OCCOCCNC(=O)OCC3c4ccccc4-c4ccccc43)c2)O1. The Bertz CT molecular complexity index is 1500. The molecule has 12 heteroatoms. The van der Waals surface area contributed by atoms with E-state index in [1.54, 1.807) is 18.2 Å². The first-order chi connectivity index (χ1) is 22.9. The number of rotatable bonds is 14. The van der Waals surface area contributed by atoms with Crippen LogP contribution in [-0.4, -0.2) is 81.7 Å². The van der Waals surface area contributed by atoms with Crippen molar-refractivity contribution in [3.8, 4) is 22.6 Å². The molecular weight excluding hydrogens is 610 g/mol. The molecule has 1 heterocycles. The van der Waals surface area contributed by atoms with Gasteiger partial charge in [0.15, 0.2) is 6.10 Å². The van der Waals surface area contributed by atoms with Gasteiger partial charge in [0, 0.05) is 43.9 Å². The molecule has 3 aromatic rings. The summed E-state index contributed by atoms with van der Waals surface area (Å²) in [6.45, 7) is 2.15. The Morgan fingerprint density at radius 3 is 2.34 bits per heavy atom. The van der Waals surface area contributed by atoms with Crippen molar-refractivity contribution in [2.75, 3.05) is 40.1 Å². The molecule has 2 N–H and O–H groups in total. The third-order valence-electron chi connectivity index (χ3n) is 7.87. The lowest BCUT2D eigenvalue weighted by Crippen LogP contribution is -2.44. The number of fused-ring (bicyclic) bond motifs is 3. The number of ether oxygens (including phenoxy) is 7. The molecule has 1 aliphatic carbocycles. The molecule has 1 amide bonds. The highest BCUT2D eigenvalue weighted by Gasteiger charge is 2.37. The van der Waals surface area contributed by atoms with Gasteiger partial charge in [-0.25, -0.2) is 9.59 Å². The number of methoxy groups -OCH3 is 1. The minimum absolute atomic E-state index is 0.0149. The quantitative estimate of drug-likeness (QED) is 0.148. The van der Waals surface area contributed by atoms with Crippen molar-refractivity contribution in [1.82, 2.24) is 5.32 Å². The van der Waals surface area contributed by atoms with Crippen LogP contribution in [0.25, 0.3) is 11.1 Å². The maximum Gasteiger partial charge on any atom is 0.407 e. The highest BCUT2D eigenvalue weighted by Crippen LogP contribution is 2.44. The topological polar surface area (TPSA) is 148 Å². The lowest BCUT2D eigenvalue weighted by molar-refractivity contribution is -0.204. The number of esters is 2. The van der Waals surface area contributed by atoms with Crippen molar-refractivity contribution in [3.05, 3.63) is 83.4 Å². The van der Waals surface area contributed by atoms with E-state index in [0.29, 0.717) is 17.1 Å². The zero-order chi connectivity index (χ0) is 33.2. The Balaban J connectivity index is 1.03. The van der Waals surface area contributed by atoms with Crippen molar-refractivity contribution < 1.29 is 52.6 Å². The van der Waals surface area contributed by atoms with Crippen LogP contribution in [0.4, 0.5) is 4.79 Å². The average Bonchev–Trinajstić information content (AvgIpc) is 3.39. The summed E-state index contributed by atoms with van der Waals surface area (Å²) < 4.78 is 38.7. The Morgan fingerprint density at radius 2 is 1.66 bits per heavy atom. The maximum absolute atomic E-state index is 12.4. The molecular formula is C35H39NO11. The Labute approximate surface area is 272 Å². The number of hydrogen-bond acceptors (Lipinski definition) is 11. The molecule has 250 valence electrons. The van der Waals surface area contributed by atoms with Crippen LogP contribution in [0, 0.1) is 0 Å². The molecule has 3 atom stereocenters. The Hall–Kier alpha value is -4.65. The van der Waals surface area contributed by atoms with Crippen LogP contribution in [0.2, 0.25) is 0 Å². The van der Waals surface area contributed by atoms with Gasteiger partial charge in [0.2, 0.25) is 6.29 Å².